The maximum Gasteiger partial charge on any atom is -0.000137 e. The lowest BCUT2D eigenvalue weighted by molar-refractivity contribution is 0.591. The Morgan fingerprint density at radius 2 is 0.455 bits per heavy atom. The van der Waals surface area contributed by atoms with Gasteiger partial charge in [-0.05, 0) is 156 Å². The molecule has 0 saturated heterocycles. The lowest BCUT2D eigenvalue weighted by Crippen LogP contribution is -2.13. The van der Waals surface area contributed by atoms with E-state index in [2.05, 4.69) is 144 Å². The summed E-state index contributed by atoms with van der Waals surface area (Å²) in [4.78, 5) is 0. The van der Waals surface area contributed by atoms with E-state index in [4.69, 9.17) is 0 Å². The van der Waals surface area contributed by atoms with Crippen LogP contribution in [0.2, 0.25) is 0 Å². The molecule has 0 radical (unpaired) electrons. The van der Waals surface area contributed by atoms with Gasteiger partial charge in [0.05, 0.1) is 0 Å². The van der Waals surface area contributed by atoms with Crippen LogP contribution < -0.4 is 0 Å². The molecule has 0 bridgehead atoms. The number of benzene rings is 8. The van der Waals surface area contributed by atoms with Gasteiger partial charge in [-0.3, -0.25) is 0 Å². The minimum Gasteiger partial charge on any atom is -0.0561 e. The first-order valence-electron chi connectivity index (χ1n) is 16.5. The Morgan fingerprint density at radius 3 is 0.636 bits per heavy atom. The van der Waals surface area contributed by atoms with Crippen molar-refractivity contribution in [1.29, 1.82) is 0 Å². The van der Waals surface area contributed by atoms with Crippen LogP contribution in [-0.4, -0.2) is 0 Å². The molecule has 0 heteroatoms. The predicted octanol–water partition coefficient (Wildman–Crippen LogP) is 13.3. The standard InChI is InChI=1S/C44H46/c1-41(2,3)27-15-23-13-24-16-29(43(7,8)9)21-33-34-22-30(44(10,11)12)18-26-14-25-17-28(42(4,5)6)20-32-31(19-27)35(23)39(37(24)33)40(36(25)32)38(26)34/h13-22H,1-12H3. The third-order valence-corrected chi connectivity index (χ3v) is 10.6. The van der Waals surface area contributed by atoms with Gasteiger partial charge in [0, 0.05) is 0 Å². The Morgan fingerprint density at radius 1 is 0.250 bits per heavy atom. The van der Waals surface area contributed by atoms with Crippen molar-refractivity contribution in [3.05, 3.63) is 82.9 Å². The number of rotatable bonds is 0. The van der Waals surface area contributed by atoms with Crippen molar-refractivity contribution in [1.82, 2.24) is 0 Å². The van der Waals surface area contributed by atoms with Crippen LogP contribution in [0.25, 0.3) is 75.4 Å². The van der Waals surface area contributed by atoms with Crippen LogP contribution >= 0.6 is 0 Å². The van der Waals surface area contributed by atoms with Gasteiger partial charge in [-0.1, -0.05) is 107 Å². The fourth-order valence-electron chi connectivity index (χ4n) is 7.90. The Kier molecular flexibility index (Phi) is 5.16. The third-order valence-electron chi connectivity index (χ3n) is 10.6. The van der Waals surface area contributed by atoms with Crippen molar-refractivity contribution in [2.24, 2.45) is 0 Å². The summed E-state index contributed by atoms with van der Waals surface area (Å²) in [5, 5.41) is 19.8. The molecular weight excluding hydrogens is 528 g/mol. The lowest BCUT2D eigenvalue weighted by Gasteiger charge is -2.29. The van der Waals surface area contributed by atoms with Gasteiger partial charge in [0.25, 0.3) is 0 Å². The first-order valence-corrected chi connectivity index (χ1v) is 16.5. The molecule has 0 heterocycles. The molecular formula is C44H46. The molecule has 0 nitrogen and oxygen atoms in total. The summed E-state index contributed by atoms with van der Waals surface area (Å²) in [5.41, 5.74) is 5.83. The topological polar surface area (TPSA) is 0 Å². The van der Waals surface area contributed by atoms with E-state index in [0.717, 1.165) is 0 Å². The van der Waals surface area contributed by atoms with E-state index >= 15 is 0 Å². The monoisotopic (exact) mass is 574 g/mol. The zero-order chi connectivity index (χ0) is 31.5. The summed E-state index contributed by atoms with van der Waals surface area (Å²) in [5.74, 6) is 0. The van der Waals surface area contributed by atoms with E-state index < -0.39 is 0 Å². The molecule has 8 rings (SSSR count). The van der Waals surface area contributed by atoms with Gasteiger partial charge in [-0.15, -0.1) is 0 Å². The highest BCUT2D eigenvalue weighted by Gasteiger charge is 2.28. The lowest BCUT2D eigenvalue weighted by atomic mass is 9.74. The predicted molar refractivity (Wildman–Crippen MR) is 197 cm³/mol. The molecule has 0 aliphatic heterocycles. The highest BCUT2D eigenvalue weighted by atomic mass is 14.3. The van der Waals surface area contributed by atoms with Crippen molar-refractivity contribution in [3.8, 4) is 0 Å². The molecule has 0 N–H and O–H groups in total. The molecule has 0 spiro atoms. The summed E-state index contributed by atoms with van der Waals surface area (Å²) in [6, 6.07) is 25.1. The number of hydrogen-bond donors (Lipinski definition) is 0. The molecule has 0 amide bonds. The second-order valence-electron chi connectivity index (χ2n) is 18.0. The molecule has 0 aliphatic carbocycles. The maximum atomic E-state index is 2.53. The van der Waals surface area contributed by atoms with E-state index in [-0.39, 0.29) is 21.7 Å². The Balaban J connectivity index is 1.77. The molecule has 8 aromatic rings. The highest BCUT2D eigenvalue weighted by molar-refractivity contribution is 6.48. The molecule has 44 heavy (non-hydrogen) atoms. The largest absolute Gasteiger partial charge is 0.0561 e. The fourth-order valence-corrected chi connectivity index (χ4v) is 7.90. The van der Waals surface area contributed by atoms with E-state index in [1.54, 1.807) is 0 Å². The van der Waals surface area contributed by atoms with Crippen LogP contribution in [0, 0.1) is 0 Å². The molecule has 0 unspecified atom stereocenters. The highest BCUT2D eigenvalue weighted by Crippen LogP contribution is 2.53. The van der Waals surface area contributed by atoms with Crippen molar-refractivity contribution < 1.29 is 0 Å². The van der Waals surface area contributed by atoms with Crippen LogP contribution in [-0.2, 0) is 21.7 Å². The summed E-state index contributed by atoms with van der Waals surface area (Å²) in [6.07, 6.45) is 0. The van der Waals surface area contributed by atoms with E-state index in [1.807, 2.05) is 0 Å². The Hall–Kier alpha value is -3.64. The molecule has 0 atom stereocenters. The van der Waals surface area contributed by atoms with Crippen LogP contribution in [0.3, 0.4) is 0 Å². The second-order valence-corrected chi connectivity index (χ2v) is 18.0. The van der Waals surface area contributed by atoms with Crippen molar-refractivity contribution in [2.45, 2.75) is 105 Å². The van der Waals surface area contributed by atoms with Gasteiger partial charge in [0.15, 0.2) is 0 Å². The van der Waals surface area contributed by atoms with E-state index in [0.29, 0.717) is 0 Å². The van der Waals surface area contributed by atoms with Gasteiger partial charge < -0.3 is 0 Å². The molecule has 0 aromatic heterocycles. The van der Waals surface area contributed by atoms with Gasteiger partial charge in [0.1, 0.15) is 0 Å². The maximum absolute atomic E-state index is 2.53. The summed E-state index contributed by atoms with van der Waals surface area (Å²) >= 11 is 0. The molecule has 222 valence electrons. The smallest absolute Gasteiger partial charge is 0.000137 e. The molecule has 0 fully saturated rings. The van der Waals surface area contributed by atoms with E-state index in [9.17, 15) is 0 Å². The molecule has 8 aromatic carbocycles. The fraction of sp³-hybridized carbons (Fsp3) is 0.364. The third kappa shape index (κ3) is 3.70. The Bertz CT molecular complexity index is 2100. The minimum absolute atomic E-state index is 0.0518. The van der Waals surface area contributed by atoms with Gasteiger partial charge in [-0.2, -0.15) is 0 Å². The van der Waals surface area contributed by atoms with Crippen LogP contribution in [0.1, 0.15) is 105 Å². The molecule has 0 aliphatic rings. The molecule has 0 saturated carbocycles. The summed E-state index contributed by atoms with van der Waals surface area (Å²) < 4.78 is 0. The van der Waals surface area contributed by atoms with Crippen molar-refractivity contribution in [2.75, 3.05) is 0 Å². The van der Waals surface area contributed by atoms with Gasteiger partial charge in [-0.25, -0.2) is 0 Å². The average molecular weight is 575 g/mol. The number of hydrogen-bond acceptors (Lipinski definition) is 0. The zero-order valence-corrected chi connectivity index (χ0v) is 28.8. The van der Waals surface area contributed by atoms with Gasteiger partial charge in [0.2, 0.25) is 0 Å². The minimum atomic E-state index is 0.0518. The second kappa shape index (κ2) is 8.14. The summed E-state index contributed by atoms with van der Waals surface area (Å²) in [7, 11) is 0. The van der Waals surface area contributed by atoms with E-state index in [1.165, 1.54) is 97.7 Å². The number of fused-ring (bicyclic) bond motifs is 2. The summed E-state index contributed by atoms with van der Waals surface area (Å²) in [6.45, 7) is 28.2. The normalized spacial score (nSPS) is 14.4. The van der Waals surface area contributed by atoms with Crippen LogP contribution in [0.5, 0.6) is 0 Å². The first kappa shape index (κ1) is 27.9. The van der Waals surface area contributed by atoms with Gasteiger partial charge >= 0.3 is 0 Å². The first-order chi connectivity index (χ1) is 20.3. The van der Waals surface area contributed by atoms with Crippen LogP contribution in [0.15, 0.2) is 60.7 Å². The zero-order valence-electron chi connectivity index (χ0n) is 28.8. The quantitative estimate of drug-likeness (QED) is 0.125. The SMILES string of the molecule is CC(C)(C)c1cc2cc3cc(C(C)(C)C)cc4c5cc(C(C)(C)C)cc6cc7cc(C(C)(C)C)cc8c(c1)c2c(c34)c(c78)c65. The average Bonchev–Trinajstić information content (AvgIpc) is 2.90. The van der Waals surface area contributed by atoms with Crippen molar-refractivity contribution >= 4 is 75.4 Å². The van der Waals surface area contributed by atoms with Crippen LogP contribution in [0.4, 0.5) is 0 Å². The Labute approximate surface area is 262 Å². The van der Waals surface area contributed by atoms with Crippen molar-refractivity contribution in [3.63, 3.8) is 0 Å².